The van der Waals surface area contributed by atoms with Crippen molar-refractivity contribution in [2.75, 3.05) is 0 Å². The molecule has 0 saturated heterocycles. The van der Waals surface area contributed by atoms with Gasteiger partial charge >= 0.3 is 0 Å². The Morgan fingerprint density at radius 1 is 1.19 bits per heavy atom. The third-order valence-electron chi connectivity index (χ3n) is 5.81. The number of aromatic nitrogens is 1. The van der Waals surface area contributed by atoms with Gasteiger partial charge in [0, 0.05) is 12.2 Å². The van der Waals surface area contributed by atoms with Gasteiger partial charge in [0.1, 0.15) is 5.15 Å². The summed E-state index contributed by atoms with van der Waals surface area (Å²) in [6, 6.07) is 1.86. The standard InChI is InChI=1S/C16H18Cl2N2O/c17-13-7-19-15(18)6-12(13)16(21)20-14-5-8-4-11(14)10-3-1-2-9(8)10/h6-11,14H,1-5H2,(H,20,21). The molecule has 0 radical (unpaired) electrons. The van der Waals surface area contributed by atoms with Crippen LogP contribution in [0.4, 0.5) is 0 Å². The first-order chi connectivity index (χ1) is 10.1. The molecule has 2 bridgehead atoms. The minimum atomic E-state index is -0.114. The van der Waals surface area contributed by atoms with E-state index >= 15 is 0 Å². The van der Waals surface area contributed by atoms with Crippen LogP contribution < -0.4 is 5.32 Å². The average molecular weight is 325 g/mol. The molecule has 3 aliphatic rings. The van der Waals surface area contributed by atoms with Gasteiger partial charge in [-0.15, -0.1) is 0 Å². The Hall–Kier alpha value is -0.800. The lowest BCUT2D eigenvalue weighted by Crippen LogP contribution is -2.42. The van der Waals surface area contributed by atoms with Crippen molar-refractivity contribution in [2.45, 2.75) is 38.1 Å². The van der Waals surface area contributed by atoms with Gasteiger partial charge in [0.2, 0.25) is 0 Å². The molecule has 5 unspecified atom stereocenters. The third-order valence-corrected chi connectivity index (χ3v) is 6.32. The van der Waals surface area contributed by atoms with E-state index in [1.807, 2.05) is 0 Å². The van der Waals surface area contributed by atoms with Crippen LogP contribution in [0.3, 0.4) is 0 Å². The zero-order valence-electron chi connectivity index (χ0n) is 11.7. The predicted octanol–water partition coefficient (Wildman–Crippen LogP) is 3.94. The number of carbonyl (C=O) groups is 1. The summed E-state index contributed by atoms with van der Waals surface area (Å²) in [7, 11) is 0. The zero-order valence-corrected chi connectivity index (χ0v) is 13.2. The Bertz CT molecular complexity index is 592. The van der Waals surface area contributed by atoms with E-state index in [0.717, 1.165) is 24.2 Å². The Balaban J connectivity index is 1.50. The van der Waals surface area contributed by atoms with Crippen molar-refractivity contribution in [2.24, 2.45) is 23.7 Å². The van der Waals surface area contributed by atoms with Crippen LogP contribution in [0.5, 0.6) is 0 Å². The number of nitrogens with zero attached hydrogens (tertiary/aromatic N) is 1. The number of amides is 1. The molecule has 0 aromatic carbocycles. The summed E-state index contributed by atoms with van der Waals surface area (Å²) < 4.78 is 0. The highest BCUT2D eigenvalue weighted by molar-refractivity contribution is 6.35. The van der Waals surface area contributed by atoms with Gasteiger partial charge in [0.25, 0.3) is 5.91 Å². The molecule has 3 aliphatic carbocycles. The Kier molecular flexibility index (Phi) is 3.38. The Labute approximate surface area is 134 Å². The van der Waals surface area contributed by atoms with Gasteiger partial charge in [-0.05, 0) is 55.4 Å². The average Bonchev–Trinajstić information content (AvgIpc) is 3.13. The van der Waals surface area contributed by atoms with Crippen LogP contribution in [-0.4, -0.2) is 16.9 Å². The lowest BCUT2D eigenvalue weighted by molar-refractivity contribution is 0.0901. The van der Waals surface area contributed by atoms with Crippen molar-refractivity contribution in [3.05, 3.63) is 28.0 Å². The smallest absolute Gasteiger partial charge is 0.253 e. The summed E-state index contributed by atoms with van der Waals surface area (Å²) >= 11 is 11.9. The fourth-order valence-electron chi connectivity index (χ4n) is 5.07. The van der Waals surface area contributed by atoms with E-state index in [1.165, 1.54) is 31.9 Å². The molecule has 4 rings (SSSR count). The van der Waals surface area contributed by atoms with Gasteiger partial charge in [-0.25, -0.2) is 4.98 Å². The fourth-order valence-corrected chi connectivity index (χ4v) is 5.41. The molecule has 3 fully saturated rings. The molecule has 0 spiro atoms. The van der Waals surface area contributed by atoms with E-state index in [2.05, 4.69) is 10.3 Å². The molecule has 1 N–H and O–H groups in total. The maximum Gasteiger partial charge on any atom is 0.253 e. The highest BCUT2D eigenvalue weighted by Crippen LogP contribution is 2.58. The van der Waals surface area contributed by atoms with E-state index < -0.39 is 0 Å². The molecule has 3 nitrogen and oxygen atoms in total. The van der Waals surface area contributed by atoms with Crippen LogP contribution in [0.1, 0.15) is 42.5 Å². The second kappa shape index (κ2) is 5.13. The number of rotatable bonds is 2. The molecule has 21 heavy (non-hydrogen) atoms. The molecule has 1 aromatic rings. The largest absolute Gasteiger partial charge is 0.349 e. The normalized spacial score (nSPS) is 36.8. The van der Waals surface area contributed by atoms with Crippen molar-refractivity contribution in [1.82, 2.24) is 10.3 Å². The second-order valence-corrected chi connectivity index (χ2v) is 7.52. The van der Waals surface area contributed by atoms with Crippen LogP contribution in [0, 0.1) is 23.7 Å². The van der Waals surface area contributed by atoms with Gasteiger partial charge < -0.3 is 5.32 Å². The minimum absolute atomic E-state index is 0.114. The summed E-state index contributed by atoms with van der Waals surface area (Å²) in [6.07, 6.45) is 7.98. The van der Waals surface area contributed by atoms with Crippen molar-refractivity contribution in [1.29, 1.82) is 0 Å². The number of nitrogens with one attached hydrogen (secondary N) is 1. The number of halogens is 2. The first-order valence-electron chi connectivity index (χ1n) is 7.75. The highest BCUT2D eigenvalue weighted by Gasteiger charge is 2.54. The van der Waals surface area contributed by atoms with Gasteiger partial charge in [0.05, 0.1) is 10.6 Å². The van der Waals surface area contributed by atoms with Crippen LogP contribution in [-0.2, 0) is 0 Å². The second-order valence-electron chi connectivity index (χ2n) is 6.72. The highest BCUT2D eigenvalue weighted by atomic mass is 35.5. The van der Waals surface area contributed by atoms with Crippen molar-refractivity contribution in [3.8, 4) is 0 Å². The lowest BCUT2D eigenvalue weighted by atomic mass is 9.79. The lowest BCUT2D eigenvalue weighted by Gasteiger charge is -2.32. The first kappa shape index (κ1) is 13.8. The SMILES string of the molecule is O=C(NC1CC2CC1C1CCCC21)c1cc(Cl)ncc1Cl. The van der Waals surface area contributed by atoms with E-state index in [-0.39, 0.29) is 5.91 Å². The van der Waals surface area contributed by atoms with Crippen molar-refractivity contribution >= 4 is 29.1 Å². The molecular weight excluding hydrogens is 307 g/mol. The maximum absolute atomic E-state index is 12.5. The number of fused-ring (bicyclic) bond motifs is 5. The number of hydrogen-bond acceptors (Lipinski definition) is 2. The van der Waals surface area contributed by atoms with Crippen LogP contribution in [0.15, 0.2) is 12.3 Å². The topological polar surface area (TPSA) is 42.0 Å². The van der Waals surface area contributed by atoms with Gasteiger partial charge in [0.15, 0.2) is 0 Å². The summed E-state index contributed by atoms with van der Waals surface area (Å²) in [5.41, 5.74) is 0.433. The van der Waals surface area contributed by atoms with E-state index in [9.17, 15) is 4.79 Å². The fraction of sp³-hybridized carbons (Fsp3) is 0.625. The summed E-state index contributed by atoms with van der Waals surface area (Å²) in [5.74, 6) is 3.15. The molecule has 0 aliphatic heterocycles. The monoisotopic (exact) mass is 324 g/mol. The van der Waals surface area contributed by atoms with Crippen molar-refractivity contribution in [3.63, 3.8) is 0 Å². The molecule has 1 heterocycles. The number of hydrogen-bond donors (Lipinski definition) is 1. The summed E-state index contributed by atoms with van der Waals surface area (Å²) in [5, 5.41) is 3.86. The van der Waals surface area contributed by atoms with Crippen LogP contribution in [0.2, 0.25) is 10.2 Å². The molecule has 5 atom stereocenters. The molecule has 5 heteroatoms. The van der Waals surface area contributed by atoms with Gasteiger partial charge in [-0.3, -0.25) is 4.79 Å². The van der Waals surface area contributed by atoms with E-state index in [1.54, 1.807) is 6.07 Å². The maximum atomic E-state index is 12.5. The minimum Gasteiger partial charge on any atom is -0.349 e. The zero-order chi connectivity index (χ0) is 14.6. The molecular formula is C16H18Cl2N2O. The number of carbonyl (C=O) groups excluding carboxylic acids is 1. The number of pyridine rings is 1. The van der Waals surface area contributed by atoms with Crippen LogP contribution in [0.25, 0.3) is 0 Å². The first-order valence-corrected chi connectivity index (χ1v) is 8.51. The van der Waals surface area contributed by atoms with Crippen LogP contribution >= 0.6 is 23.2 Å². The predicted molar refractivity (Wildman–Crippen MR) is 82.6 cm³/mol. The molecule has 1 aromatic heterocycles. The molecule has 112 valence electrons. The molecule has 3 saturated carbocycles. The molecule has 1 amide bonds. The summed E-state index contributed by atoms with van der Waals surface area (Å²) in [6.45, 7) is 0. The van der Waals surface area contributed by atoms with E-state index in [4.69, 9.17) is 23.2 Å². The van der Waals surface area contributed by atoms with Gasteiger partial charge in [-0.2, -0.15) is 0 Å². The van der Waals surface area contributed by atoms with Crippen molar-refractivity contribution < 1.29 is 4.79 Å². The quantitative estimate of drug-likeness (QED) is 0.837. The Morgan fingerprint density at radius 3 is 2.86 bits per heavy atom. The third kappa shape index (κ3) is 2.25. The van der Waals surface area contributed by atoms with Gasteiger partial charge in [-0.1, -0.05) is 29.6 Å². The summed E-state index contributed by atoms with van der Waals surface area (Å²) in [4.78, 5) is 16.3. The van der Waals surface area contributed by atoms with E-state index in [0.29, 0.717) is 27.7 Å². The Morgan fingerprint density at radius 2 is 2.00 bits per heavy atom.